The number of nitrogens with two attached hydrogens (primary N) is 1. The van der Waals surface area contributed by atoms with Crippen molar-refractivity contribution < 1.29 is 14.3 Å². The van der Waals surface area contributed by atoms with E-state index >= 15 is 0 Å². The summed E-state index contributed by atoms with van der Waals surface area (Å²) in [6.07, 6.45) is 0. The molecule has 0 radical (unpaired) electrons. The predicted molar refractivity (Wildman–Crippen MR) is 102 cm³/mol. The molecular weight excluding hydrogens is 336 g/mol. The average molecular weight is 360 g/mol. The molecule has 0 aliphatic rings. The second-order valence-electron chi connectivity index (χ2n) is 7.05. The van der Waals surface area contributed by atoms with Crippen molar-refractivity contribution in [2.75, 3.05) is 11.1 Å². The minimum absolute atomic E-state index is 0.0476. The monoisotopic (exact) mass is 360 g/mol. The van der Waals surface area contributed by atoms with Crippen molar-refractivity contribution in [3.05, 3.63) is 40.3 Å². The van der Waals surface area contributed by atoms with Gasteiger partial charge in [-0.3, -0.25) is 9.59 Å². The van der Waals surface area contributed by atoms with Crippen LogP contribution in [0.5, 0.6) is 0 Å². The lowest BCUT2D eigenvalue weighted by molar-refractivity contribution is -0.154. The second-order valence-corrected chi connectivity index (χ2v) is 8.10. The van der Waals surface area contributed by atoms with E-state index in [1.807, 2.05) is 45.9 Å². The zero-order chi connectivity index (χ0) is 18.8. The Bertz CT molecular complexity index is 803. The van der Waals surface area contributed by atoms with Gasteiger partial charge in [-0.05, 0) is 63.9 Å². The number of carbonyl (C=O) groups excluding carboxylic acids is 2. The number of ether oxygens (including phenoxy) is 1. The first kappa shape index (κ1) is 19.0. The van der Waals surface area contributed by atoms with Crippen molar-refractivity contribution in [1.82, 2.24) is 0 Å². The van der Waals surface area contributed by atoms with Gasteiger partial charge in [0.25, 0.3) is 0 Å². The minimum atomic E-state index is -0.535. The Kier molecular flexibility index (Phi) is 5.52. The van der Waals surface area contributed by atoms with Crippen LogP contribution in [0.3, 0.4) is 0 Å². The second kappa shape index (κ2) is 7.27. The smallest absolute Gasteiger partial charge is 0.311 e. The Morgan fingerprint density at radius 1 is 1.24 bits per heavy atom. The van der Waals surface area contributed by atoms with Crippen molar-refractivity contribution in [2.24, 2.45) is 5.41 Å². The third-order valence-corrected chi connectivity index (χ3v) is 4.85. The molecule has 134 valence electrons. The van der Waals surface area contributed by atoms with E-state index in [4.69, 9.17) is 10.5 Å². The van der Waals surface area contributed by atoms with Gasteiger partial charge in [0.05, 0.1) is 26.7 Å². The number of anilines is 3. The molecule has 0 bridgehead atoms. The summed E-state index contributed by atoms with van der Waals surface area (Å²) >= 11 is 1.40. The molecule has 25 heavy (non-hydrogen) atoms. The topological polar surface area (TPSA) is 81.4 Å². The molecule has 0 saturated carbocycles. The number of aryl methyl sites for hydroxylation is 1. The van der Waals surface area contributed by atoms with Crippen LogP contribution in [0.4, 0.5) is 16.4 Å². The molecule has 0 aliphatic heterocycles. The molecule has 0 fully saturated rings. The fourth-order valence-electron chi connectivity index (χ4n) is 2.19. The Balaban J connectivity index is 2.15. The van der Waals surface area contributed by atoms with Crippen LogP contribution in [0.2, 0.25) is 0 Å². The van der Waals surface area contributed by atoms with Gasteiger partial charge in [0.1, 0.15) is 6.61 Å². The molecule has 0 atom stereocenters. The summed E-state index contributed by atoms with van der Waals surface area (Å²) in [6.45, 7) is 9.10. The average Bonchev–Trinajstić information content (AvgIpc) is 2.87. The number of esters is 1. The molecular formula is C19H24N2O3S. The molecule has 0 aliphatic carbocycles. The summed E-state index contributed by atoms with van der Waals surface area (Å²) in [4.78, 5) is 24.2. The van der Waals surface area contributed by atoms with Crippen LogP contribution in [0, 0.1) is 12.3 Å². The first-order valence-corrected chi connectivity index (χ1v) is 8.83. The Morgan fingerprint density at radius 3 is 2.48 bits per heavy atom. The summed E-state index contributed by atoms with van der Waals surface area (Å²) in [7, 11) is 0. The van der Waals surface area contributed by atoms with Gasteiger partial charge >= 0.3 is 5.97 Å². The van der Waals surface area contributed by atoms with E-state index < -0.39 is 5.41 Å². The molecule has 1 heterocycles. The van der Waals surface area contributed by atoms with Gasteiger partial charge in [-0.15, -0.1) is 11.3 Å². The quantitative estimate of drug-likeness (QED) is 0.460. The Morgan fingerprint density at radius 2 is 1.92 bits per heavy atom. The van der Waals surface area contributed by atoms with E-state index in [-0.39, 0.29) is 18.4 Å². The molecule has 6 heteroatoms. The maximum absolute atomic E-state index is 11.9. The highest BCUT2D eigenvalue weighted by atomic mass is 32.1. The lowest BCUT2D eigenvalue weighted by Gasteiger charge is -2.17. The number of nitrogen functional groups attached to an aromatic ring is 1. The Hall–Kier alpha value is -2.34. The summed E-state index contributed by atoms with van der Waals surface area (Å²) in [5, 5.41) is 4.09. The lowest BCUT2D eigenvalue weighted by Crippen LogP contribution is -2.22. The van der Waals surface area contributed by atoms with E-state index in [0.29, 0.717) is 5.69 Å². The predicted octanol–water partition coefficient (Wildman–Crippen LogP) is 4.67. The number of benzene rings is 1. The standard InChI is InChI=1S/C19H24N2O3S/c1-11-8-16(25-17(11)12(2)22)21-15-9-13(6-7-14(15)20)10-24-18(23)19(3,4)5/h6-9,21H,10,20H2,1-5H3. The zero-order valence-electron chi connectivity index (χ0n) is 15.2. The molecule has 0 saturated heterocycles. The highest BCUT2D eigenvalue weighted by molar-refractivity contribution is 7.18. The number of Topliss-reactive ketones (excluding diaryl/α,β-unsaturated/α-hetero) is 1. The molecule has 0 unspecified atom stereocenters. The lowest BCUT2D eigenvalue weighted by atomic mass is 9.97. The maximum Gasteiger partial charge on any atom is 0.311 e. The van der Waals surface area contributed by atoms with Gasteiger partial charge in [0, 0.05) is 0 Å². The number of hydrogen-bond acceptors (Lipinski definition) is 6. The molecule has 2 rings (SSSR count). The molecule has 0 amide bonds. The van der Waals surface area contributed by atoms with Crippen LogP contribution in [0.15, 0.2) is 24.3 Å². The number of carbonyl (C=O) groups is 2. The minimum Gasteiger partial charge on any atom is -0.460 e. The molecule has 0 spiro atoms. The number of rotatable bonds is 5. The van der Waals surface area contributed by atoms with E-state index in [1.165, 1.54) is 11.3 Å². The van der Waals surface area contributed by atoms with Crippen molar-refractivity contribution in [2.45, 2.75) is 41.2 Å². The van der Waals surface area contributed by atoms with Crippen LogP contribution in [-0.4, -0.2) is 11.8 Å². The van der Waals surface area contributed by atoms with E-state index in [1.54, 1.807) is 13.0 Å². The van der Waals surface area contributed by atoms with Crippen molar-refractivity contribution in [3.8, 4) is 0 Å². The first-order chi connectivity index (χ1) is 11.6. The zero-order valence-corrected chi connectivity index (χ0v) is 16.0. The molecule has 1 aromatic carbocycles. The Labute approximate surface area is 152 Å². The summed E-state index contributed by atoms with van der Waals surface area (Å²) in [5.41, 5.74) is 8.59. The SMILES string of the molecule is CC(=O)c1sc(Nc2cc(COC(=O)C(C)(C)C)ccc2N)cc1C. The van der Waals surface area contributed by atoms with Crippen molar-refractivity contribution in [3.63, 3.8) is 0 Å². The highest BCUT2D eigenvalue weighted by Gasteiger charge is 2.23. The van der Waals surface area contributed by atoms with Crippen molar-refractivity contribution in [1.29, 1.82) is 0 Å². The third-order valence-electron chi connectivity index (χ3n) is 3.60. The van der Waals surface area contributed by atoms with Crippen LogP contribution < -0.4 is 11.1 Å². The number of ketones is 1. The number of thiophene rings is 1. The summed E-state index contributed by atoms with van der Waals surface area (Å²) in [5.74, 6) is -0.204. The summed E-state index contributed by atoms with van der Waals surface area (Å²) in [6, 6.07) is 7.38. The molecule has 1 aromatic heterocycles. The molecule has 2 aromatic rings. The van der Waals surface area contributed by atoms with Gasteiger partial charge in [0.2, 0.25) is 0 Å². The fourth-order valence-corrected chi connectivity index (χ4v) is 3.17. The van der Waals surface area contributed by atoms with Crippen LogP contribution in [0.1, 0.15) is 48.5 Å². The summed E-state index contributed by atoms with van der Waals surface area (Å²) < 4.78 is 5.34. The van der Waals surface area contributed by atoms with E-state index in [9.17, 15) is 9.59 Å². The normalized spacial score (nSPS) is 11.2. The van der Waals surface area contributed by atoms with Gasteiger partial charge in [-0.25, -0.2) is 0 Å². The number of hydrogen-bond donors (Lipinski definition) is 2. The van der Waals surface area contributed by atoms with Gasteiger partial charge < -0.3 is 15.8 Å². The van der Waals surface area contributed by atoms with E-state index in [2.05, 4.69) is 5.32 Å². The van der Waals surface area contributed by atoms with Crippen LogP contribution in [0.25, 0.3) is 0 Å². The fraction of sp³-hybridized carbons (Fsp3) is 0.368. The van der Waals surface area contributed by atoms with Crippen LogP contribution in [-0.2, 0) is 16.1 Å². The molecule has 3 N–H and O–H groups in total. The van der Waals surface area contributed by atoms with Gasteiger partial charge in [0.15, 0.2) is 5.78 Å². The third kappa shape index (κ3) is 4.82. The first-order valence-electron chi connectivity index (χ1n) is 8.02. The van der Waals surface area contributed by atoms with Gasteiger partial charge in [-0.2, -0.15) is 0 Å². The molecule has 5 nitrogen and oxygen atoms in total. The largest absolute Gasteiger partial charge is 0.460 e. The number of nitrogens with one attached hydrogen (secondary N) is 1. The van der Waals surface area contributed by atoms with Crippen LogP contribution >= 0.6 is 11.3 Å². The maximum atomic E-state index is 11.9. The van der Waals surface area contributed by atoms with Gasteiger partial charge in [-0.1, -0.05) is 6.07 Å². The highest BCUT2D eigenvalue weighted by Crippen LogP contribution is 2.32. The van der Waals surface area contributed by atoms with E-state index in [0.717, 1.165) is 26.7 Å². The van der Waals surface area contributed by atoms with Crippen molar-refractivity contribution >= 4 is 39.5 Å².